The van der Waals surface area contributed by atoms with Crippen LogP contribution in [0.4, 0.5) is 18.9 Å². The zero-order chi connectivity index (χ0) is 11.5. The van der Waals surface area contributed by atoms with Crippen LogP contribution in [0.2, 0.25) is 0 Å². The van der Waals surface area contributed by atoms with Crippen molar-refractivity contribution in [2.24, 2.45) is 0 Å². The summed E-state index contributed by atoms with van der Waals surface area (Å²) in [6.45, 7) is 3.32. The lowest BCUT2D eigenvalue weighted by molar-refractivity contribution is -0.136. The van der Waals surface area contributed by atoms with Crippen LogP contribution in [0.5, 0.6) is 0 Å². The second-order valence-electron chi connectivity index (χ2n) is 3.56. The molecule has 1 aromatic rings. The van der Waals surface area contributed by atoms with Gasteiger partial charge in [0, 0.05) is 12.2 Å². The lowest BCUT2D eigenvalue weighted by Gasteiger charge is -2.17. The summed E-state index contributed by atoms with van der Waals surface area (Å²) in [4.78, 5) is 3.85. The van der Waals surface area contributed by atoms with Crippen molar-refractivity contribution < 1.29 is 13.2 Å². The fourth-order valence-electron chi connectivity index (χ4n) is 1.28. The summed E-state index contributed by atoms with van der Waals surface area (Å²) in [5.41, 5.74) is 1.54. The largest absolute Gasteiger partial charge is 0.391 e. The van der Waals surface area contributed by atoms with Crippen LogP contribution < -0.4 is 5.32 Å². The molecule has 0 saturated heterocycles. The van der Waals surface area contributed by atoms with E-state index in [9.17, 15) is 13.2 Å². The molecule has 1 aromatic heterocycles. The van der Waals surface area contributed by atoms with Gasteiger partial charge in [0.2, 0.25) is 0 Å². The molecule has 0 aromatic carbocycles. The molecule has 15 heavy (non-hydrogen) atoms. The van der Waals surface area contributed by atoms with Crippen molar-refractivity contribution in [1.29, 1.82) is 0 Å². The van der Waals surface area contributed by atoms with Crippen molar-refractivity contribution in [1.82, 2.24) is 4.98 Å². The van der Waals surface area contributed by atoms with E-state index >= 15 is 0 Å². The first kappa shape index (κ1) is 11.8. The van der Waals surface area contributed by atoms with Gasteiger partial charge in [-0.1, -0.05) is 0 Å². The summed E-state index contributed by atoms with van der Waals surface area (Å²) in [5, 5.41) is 2.78. The Kier molecular flexibility index (Phi) is 3.55. The molecule has 0 aliphatic carbocycles. The Morgan fingerprint density at radius 3 is 2.67 bits per heavy atom. The van der Waals surface area contributed by atoms with E-state index in [0.717, 1.165) is 5.56 Å². The quantitative estimate of drug-likeness (QED) is 0.843. The van der Waals surface area contributed by atoms with Gasteiger partial charge < -0.3 is 5.32 Å². The van der Waals surface area contributed by atoms with Gasteiger partial charge in [-0.05, 0) is 25.5 Å². The lowest BCUT2D eigenvalue weighted by Crippen LogP contribution is -2.24. The fourth-order valence-corrected chi connectivity index (χ4v) is 1.28. The fraction of sp³-hybridized carbons (Fsp3) is 0.500. The third kappa shape index (κ3) is 4.18. The second kappa shape index (κ2) is 4.51. The number of pyridine rings is 1. The number of nitrogens with one attached hydrogen (secondary N) is 1. The molecular weight excluding hydrogens is 205 g/mol. The van der Waals surface area contributed by atoms with E-state index in [1.165, 1.54) is 13.1 Å². The molecule has 0 fully saturated rings. The minimum atomic E-state index is -4.14. The molecule has 1 N–H and O–H groups in total. The standard InChI is InChI=1S/C10H13F3N2/c1-7-3-4-14-6-9(7)15-8(2)5-10(11,12)13/h3-4,6,8,15H,5H2,1-2H3. The monoisotopic (exact) mass is 218 g/mol. The van der Waals surface area contributed by atoms with Crippen molar-refractivity contribution in [3.05, 3.63) is 24.0 Å². The van der Waals surface area contributed by atoms with Crippen LogP contribution in [0.1, 0.15) is 18.9 Å². The molecule has 0 bridgehead atoms. The van der Waals surface area contributed by atoms with Crippen molar-refractivity contribution in [3.63, 3.8) is 0 Å². The Morgan fingerprint density at radius 2 is 2.13 bits per heavy atom. The number of hydrogen-bond acceptors (Lipinski definition) is 2. The topological polar surface area (TPSA) is 24.9 Å². The molecule has 0 amide bonds. The highest BCUT2D eigenvalue weighted by Gasteiger charge is 2.29. The summed E-state index contributed by atoms with van der Waals surface area (Å²) in [5.74, 6) is 0. The number of anilines is 1. The first-order chi connectivity index (χ1) is 6.88. The normalized spacial score (nSPS) is 13.7. The van der Waals surface area contributed by atoms with E-state index in [1.807, 2.05) is 6.92 Å². The molecule has 1 unspecified atom stereocenters. The minimum Gasteiger partial charge on any atom is -0.381 e. The summed E-state index contributed by atoms with van der Waals surface area (Å²) in [6.07, 6.45) is -1.85. The summed E-state index contributed by atoms with van der Waals surface area (Å²) in [6, 6.07) is 1.11. The second-order valence-corrected chi connectivity index (χ2v) is 3.56. The minimum absolute atomic E-state index is 0.645. The molecule has 1 atom stereocenters. The molecule has 1 rings (SSSR count). The van der Waals surface area contributed by atoms with Crippen LogP contribution in [0.25, 0.3) is 0 Å². The number of aromatic nitrogens is 1. The maximum Gasteiger partial charge on any atom is 0.391 e. The van der Waals surface area contributed by atoms with Crippen LogP contribution in [-0.4, -0.2) is 17.2 Å². The van der Waals surface area contributed by atoms with Crippen LogP contribution in [0.15, 0.2) is 18.5 Å². The first-order valence-corrected chi connectivity index (χ1v) is 4.62. The molecule has 0 radical (unpaired) electrons. The van der Waals surface area contributed by atoms with Crippen LogP contribution >= 0.6 is 0 Å². The van der Waals surface area contributed by atoms with E-state index in [2.05, 4.69) is 10.3 Å². The maximum absolute atomic E-state index is 12.1. The predicted octanol–water partition coefficient (Wildman–Crippen LogP) is 3.14. The Balaban J connectivity index is 2.59. The van der Waals surface area contributed by atoms with Crippen molar-refractivity contribution in [2.75, 3.05) is 5.32 Å². The highest BCUT2D eigenvalue weighted by Crippen LogP contribution is 2.23. The lowest BCUT2D eigenvalue weighted by atomic mass is 10.2. The zero-order valence-electron chi connectivity index (χ0n) is 8.60. The van der Waals surface area contributed by atoms with Gasteiger partial charge in [-0.3, -0.25) is 4.98 Å². The predicted molar refractivity (Wildman–Crippen MR) is 52.7 cm³/mol. The molecule has 2 nitrogen and oxygen atoms in total. The van der Waals surface area contributed by atoms with E-state index < -0.39 is 18.6 Å². The first-order valence-electron chi connectivity index (χ1n) is 4.62. The van der Waals surface area contributed by atoms with E-state index in [1.54, 1.807) is 12.3 Å². The van der Waals surface area contributed by atoms with Crippen molar-refractivity contribution >= 4 is 5.69 Å². The SMILES string of the molecule is Cc1ccncc1NC(C)CC(F)(F)F. The van der Waals surface area contributed by atoms with Crippen LogP contribution in [0, 0.1) is 6.92 Å². The van der Waals surface area contributed by atoms with Gasteiger partial charge in [0.1, 0.15) is 0 Å². The Bertz CT molecular complexity index is 323. The number of rotatable bonds is 3. The Morgan fingerprint density at radius 1 is 1.47 bits per heavy atom. The van der Waals surface area contributed by atoms with Gasteiger partial charge in [0.05, 0.1) is 18.3 Å². The maximum atomic E-state index is 12.1. The Labute approximate surface area is 86.5 Å². The van der Waals surface area contributed by atoms with Crippen molar-refractivity contribution in [3.8, 4) is 0 Å². The van der Waals surface area contributed by atoms with E-state index in [-0.39, 0.29) is 0 Å². The number of hydrogen-bond donors (Lipinski definition) is 1. The number of alkyl halides is 3. The van der Waals surface area contributed by atoms with Gasteiger partial charge >= 0.3 is 6.18 Å². The molecule has 0 spiro atoms. The molecule has 0 aliphatic heterocycles. The average Bonchev–Trinajstić information content (AvgIpc) is 2.05. The summed E-state index contributed by atoms with van der Waals surface area (Å²) < 4.78 is 36.2. The summed E-state index contributed by atoms with van der Waals surface area (Å²) in [7, 11) is 0. The molecule has 1 heterocycles. The molecule has 0 saturated carbocycles. The van der Waals surface area contributed by atoms with Crippen LogP contribution in [-0.2, 0) is 0 Å². The van der Waals surface area contributed by atoms with Gasteiger partial charge in [-0.2, -0.15) is 13.2 Å². The van der Waals surface area contributed by atoms with Gasteiger partial charge in [0.15, 0.2) is 0 Å². The number of nitrogens with zero attached hydrogens (tertiary/aromatic N) is 1. The Hall–Kier alpha value is -1.26. The van der Waals surface area contributed by atoms with Gasteiger partial charge in [-0.15, -0.1) is 0 Å². The van der Waals surface area contributed by atoms with E-state index in [4.69, 9.17) is 0 Å². The number of aryl methyl sites for hydroxylation is 1. The summed E-state index contributed by atoms with van der Waals surface area (Å²) >= 11 is 0. The molecule has 0 aliphatic rings. The highest BCUT2D eigenvalue weighted by atomic mass is 19.4. The third-order valence-electron chi connectivity index (χ3n) is 1.98. The van der Waals surface area contributed by atoms with Crippen molar-refractivity contribution in [2.45, 2.75) is 32.5 Å². The van der Waals surface area contributed by atoms with Crippen LogP contribution in [0.3, 0.4) is 0 Å². The molecule has 84 valence electrons. The highest BCUT2D eigenvalue weighted by molar-refractivity contribution is 5.48. The zero-order valence-corrected chi connectivity index (χ0v) is 8.60. The average molecular weight is 218 g/mol. The molecular formula is C10H13F3N2. The van der Waals surface area contributed by atoms with E-state index in [0.29, 0.717) is 5.69 Å². The van der Waals surface area contributed by atoms with Gasteiger partial charge in [-0.25, -0.2) is 0 Å². The third-order valence-corrected chi connectivity index (χ3v) is 1.98. The molecule has 5 heteroatoms. The number of halogens is 3. The van der Waals surface area contributed by atoms with Gasteiger partial charge in [0.25, 0.3) is 0 Å². The smallest absolute Gasteiger partial charge is 0.381 e.